The van der Waals surface area contributed by atoms with Crippen LogP contribution in [0.15, 0.2) is 0 Å². The van der Waals surface area contributed by atoms with Crippen molar-refractivity contribution in [3.8, 4) is 0 Å². The Balaban J connectivity index is 2.98. The van der Waals surface area contributed by atoms with Crippen molar-refractivity contribution in [1.29, 1.82) is 0 Å². The summed E-state index contributed by atoms with van der Waals surface area (Å²) < 4.78 is 0. The molecule has 0 aliphatic heterocycles. The molecule has 1 N–H and O–H groups in total. The smallest absolute Gasteiger partial charge is 0.241 e. The highest BCUT2D eigenvalue weighted by molar-refractivity contribution is 5.80. The minimum Gasteiger partial charge on any atom is -0.354 e. The van der Waals surface area contributed by atoms with Gasteiger partial charge in [0.25, 0.3) is 0 Å². The fourth-order valence-corrected chi connectivity index (χ4v) is 1.46. The number of anilines is 3. The molecule has 1 rings (SSSR count). The van der Waals surface area contributed by atoms with Gasteiger partial charge in [0.15, 0.2) is 0 Å². The van der Waals surface area contributed by atoms with Gasteiger partial charge in [0.05, 0.1) is 6.54 Å². The third kappa shape index (κ3) is 5.05. The summed E-state index contributed by atoms with van der Waals surface area (Å²) in [4.78, 5) is 29.9. The summed E-state index contributed by atoms with van der Waals surface area (Å²) in [6.07, 6.45) is 0.979. The molecule has 8 nitrogen and oxygen atoms in total. The molecule has 0 spiro atoms. The van der Waals surface area contributed by atoms with E-state index in [2.05, 4.69) is 27.2 Å². The summed E-state index contributed by atoms with van der Waals surface area (Å²) >= 11 is 0. The lowest BCUT2D eigenvalue weighted by molar-refractivity contribution is -0.127. The molecule has 0 saturated carbocycles. The van der Waals surface area contributed by atoms with Crippen molar-refractivity contribution in [3.63, 3.8) is 0 Å². The van der Waals surface area contributed by atoms with Gasteiger partial charge >= 0.3 is 0 Å². The van der Waals surface area contributed by atoms with Crippen LogP contribution in [-0.4, -0.2) is 74.1 Å². The van der Waals surface area contributed by atoms with Gasteiger partial charge in [-0.2, -0.15) is 15.0 Å². The average Bonchev–Trinajstić information content (AvgIpc) is 2.44. The predicted molar refractivity (Wildman–Crippen MR) is 84.9 cm³/mol. The number of hydrogen-bond acceptors (Lipinski definition) is 7. The molecule has 118 valence electrons. The Hall–Kier alpha value is -2.12. The van der Waals surface area contributed by atoms with E-state index in [-0.39, 0.29) is 12.5 Å². The molecule has 1 aromatic heterocycles. The van der Waals surface area contributed by atoms with Crippen LogP contribution >= 0.6 is 0 Å². The van der Waals surface area contributed by atoms with E-state index in [9.17, 15) is 4.79 Å². The molecule has 0 bridgehead atoms. The van der Waals surface area contributed by atoms with Crippen molar-refractivity contribution >= 4 is 23.8 Å². The van der Waals surface area contributed by atoms with Crippen molar-refractivity contribution in [2.75, 3.05) is 63.4 Å². The van der Waals surface area contributed by atoms with Gasteiger partial charge in [-0.05, 0) is 6.42 Å². The lowest BCUT2D eigenvalue weighted by Crippen LogP contribution is -2.35. The van der Waals surface area contributed by atoms with E-state index < -0.39 is 0 Å². The quantitative estimate of drug-likeness (QED) is 0.774. The lowest BCUT2D eigenvalue weighted by atomic mass is 10.5. The molecule has 1 aromatic rings. The molecule has 0 fully saturated rings. The summed E-state index contributed by atoms with van der Waals surface area (Å²) in [7, 11) is 8.98. The van der Waals surface area contributed by atoms with Gasteiger partial charge in [-0.3, -0.25) is 4.79 Å². The van der Waals surface area contributed by atoms with Crippen LogP contribution in [0.25, 0.3) is 0 Å². The van der Waals surface area contributed by atoms with Crippen LogP contribution in [0.1, 0.15) is 13.3 Å². The number of aromatic nitrogens is 3. The Morgan fingerprint density at radius 2 is 1.67 bits per heavy atom. The number of nitrogens with one attached hydrogen (secondary N) is 1. The number of nitrogens with zero attached hydrogens (tertiary/aromatic N) is 6. The van der Waals surface area contributed by atoms with Gasteiger partial charge < -0.3 is 20.0 Å². The van der Waals surface area contributed by atoms with Crippen LogP contribution in [0, 0.1) is 0 Å². The number of amides is 1. The number of rotatable bonds is 7. The van der Waals surface area contributed by atoms with E-state index in [1.165, 1.54) is 0 Å². The number of carbonyl (C=O) groups is 1. The van der Waals surface area contributed by atoms with Crippen molar-refractivity contribution in [2.24, 2.45) is 0 Å². The molecule has 0 aliphatic carbocycles. The Bertz CT molecular complexity index is 476. The number of likely N-dealkylation sites (N-methyl/N-ethyl adjacent to an activating group) is 2. The highest BCUT2D eigenvalue weighted by Crippen LogP contribution is 2.14. The maximum absolute atomic E-state index is 11.8. The first kappa shape index (κ1) is 16.9. The van der Waals surface area contributed by atoms with Crippen LogP contribution in [0.2, 0.25) is 0 Å². The SMILES string of the molecule is CCCNc1nc(N(C)C)nc(N(C)CC(=O)N(C)C)n1. The minimum absolute atomic E-state index is 0.00705. The van der Waals surface area contributed by atoms with Gasteiger partial charge in [-0.1, -0.05) is 6.92 Å². The summed E-state index contributed by atoms with van der Waals surface area (Å²) in [5, 5.41) is 3.15. The monoisotopic (exact) mass is 295 g/mol. The largest absolute Gasteiger partial charge is 0.354 e. The fraction of sp³-hybridized carbons (Fsp3) is 0.692. The van der Waals surface area contributed by atoms with E-state index >= 15 is 0 Å². The highest BCUT2D eigenvalue weighted by atomic mass is 16.2. The molecule has 1 heterocycles. The zero-order chi connectivity index (χ0) is 16.0. The molecule has 1 amide bonds. The molecule has 0 aromatic carbocycles. The van der Waals surface area contributed by atoms with E-state index in [1.54, 1.807) is 30.9 Å². The van der Waals surface area contributed by atoms with Crippen LogP contribution < -0.4 is 15.1 Å². The third-order valence-corrected chi connectivity index (χ3v) is 2.76. The Morgan fingerprint density at radius 1 is 1.05 bits per heavy atom. The van der Waals surface area contributed by atoms with Gasteiger partial charge in [-0.25, -0.2) is 0 Å². The van der Waals surface area contributed by atoms with Gasteiger partial charge in [0.2, 0.25) is 23.8 Å². The van der Waals surface area contributed by atoms with Gasteiger partial charge in [0.1, 0.15) is 0 Å². The summed E-state index contributed by atoms with van der Waals surface area (Å²) in [6.45, 7) is 3.08. The normalized spacial score (nSPS) is 10.2. The molecular formula is C13H25N7O. The van der Waals surface area contributed by atoms with E-state index in [0.29, 0.717) is 17.8 Å². The van der Waals surface area contributed by atoms with E-state index in [4.69, 9.17) is 0 Å². The lowest BCUT2D eigenvalue weighted by Gasteiger charge is -2.21. The second-order valence-electron chi connectivity index (χ2n) is 5.22. The summed E-state index contributed by atoms with van der Waals surface area (Å²) in [6, 6.07) is 0. The molecule has 0 aliphatic rings. The van der Waals surface area contributed by atoms with Crippen molar-refractivity contribution in [2.45, 2.75) is 13.3 Å². The molecular weight excluding hydrogens is 270 g/mol. The molecule has 0 radical (unpaired) electrons. The standard InChI is InChI=1S/C13H25N7O/c1-7-8-14-11-15-12(19(4)5)17-13(16-11)20(6)9-10(21)18(2)3/h7-9H2,1-6H3,(H,14,15,16,17). The van der Waals surface area contributed by atoms with Crippen molar-refractivity contribution in [1.82, 2.24) is 19.9 Å². The molecule has 0 saturated heterocycles. The van der Waals surface area contributed by atoms with Crippen LogP contribution in [0.5, 0.6) is 0 Å². The Labute approximate surface area is 126 Å². The fourth-order valence-electron chi connectivity index (χ4n) is 1.46. The summed E-state index contributed by atoms with van der Waals surface area (Å²) in [5.41, 5.74) is 0. The zero-order valence-electron chi connectivity index (χ0n) is 13.7. The topological polar surface area (TPSA) is 77.5 Å². The maximum atomic E-state index is 11.8. The van der Waals surface area contributed by atoms with Gasteiger partial charge in [-0.15, -0.1) is 0 Å². The minimum atomic E-state index is -0.00705. The first-order chi connectivity index (χ1) is 9.85. The van der Waals surface area contributed by atoms with Crippen LogP contribution in [0.4, 0.5) is 17.8 Å². The third-order valence-electron chi connectivity index (χ3n) is 2.76. The van der Waals surface area contributed by atoms with Crippen LogP contribution in [0.3, 0.4) is 0 Å². The summed E-state index contributed by atoms with van der Waals surface area (Å²) in [5.74, 6) is 1.55. The Kier molecular flexibility index (Phi) is 6.13. The van der Waals surface area contributed by atoms with Crippen LogP contribution in [-0.2, 0) is 4.79 Å². The molecule has 0 unspecified atom stereocenters. The molecule has 21 heavy (non-hydrogen) atoms. The first-order valence-electron chi connectivity index (χ1n) is 6.93. The number of hydrogen-bond donors (Lipinski definition) is 1. The van der Waals surface area contributed by atoms with Gasteiger partial charge in [0, 0.05) is 41.8 Å². The second-order valence-corrected chi connectivity index (χ2v) is 5.22. The van der Waals surface area contributed by atoms with Crippen molar-refractivity contribution < 1.29 is 4.79 Å². The first-order valence-corrected chi connectivity index (χ1v) is 6.93. The van der Waals surface area contributed by atoms with Crippen molar-refractivity contribution in [3.05, 3.63) is 0 Å². The average molecular weight is 295 g/mol. The molecule has 8 heteroatoms. The number of carbonyl (C=O) groups excluding carboxylic acids is 1. The van der Waals surface area contributed by atoms with E-state index in [1.807, 2.05) is 19.0 Å². The maximum Gasteiger partial charge on any atom is 0.241 e. The predicted octanol–water partition coefficient (Wildman–Crippen LogP) is 0.284. The Morgan fingerprint density at radius 3 is 2.19 bits per heavy atom. The van der Waals surface area contributed by atoms with E-state index in [0.717, 1.165) is 13.0 Å². The second kappa shape index (κ2) is 7.61. The zero-order valence-corrected chi connectivity index (χ0v) is 13.7. The highest BCUT2D eigenvalue weighted by Gasteiger charge is 2.15. The molecule has 0 atom stereocenters.